The molecule has 0 aromatic rings. The van der Waals surface area contributed by atoms with Gasteiger partial charge in [0.15, 0.2) is 0 Å². The lowest BCUT2D eigenvalue weighted by molar-refractivity contribution is -0.139. The van der Waals surface area contributed by atoms with Crippen LogP contribution in [0.3, 0.4) is 0 Å². The molecule has 0 spiro atoms. The molecule has 3 nitrogen and oxygen atoms in total. The molecule has 0 unspecified atom stereocenters. The van der Waals surface area contributed by atoms with E-state index in [9.17, 15) is 4.79 Å². The molecule has 0 fully saturated rings. The van der Waals surface area contributed by atoms with Gasteiger partial charge in [0.25, 0.3) is 0 Å². The summed E-state index contributed by atoms with van der Waals surface area (Å²) in [6.45, 7) is 3.15. The van der Waals surface area contributed by atoms with Gasteiger partial charge in [0.2, 0.25) is 0 Å². The summed E-state index contributed by atoms with van der Waals surface area (Å²) in [5, 5.41) is 3.21. The zero-order chi connectivity index (χ0) is 11.8. The first-order chi connectivity index (χ1) is 7.79. The van der Waals surface area contributed by atoms with E-state index >= 15 is 0 Å². The van der Waals surface area contributed by atoms with Gasteiger partial charge in [-0.1, -0.05) is 6.30 Å². The van der Waals surface area contributed by atoms with E-state index in [0.717, 1.165) is 46.6 Å². The van der Waals surface area contributed by atoms with Gasteiger partial charge in [-0.15, -0.1) is 8.20 Å². The minimum atomic E-state index is -0.194. The highest BCUT2D eigenvalue weighted by atomic mass is 31.1. The first-order valence-electron chi connectivity index (χ1n) is 5.85. The van der Waals surface area contributed by atoms with Crippen molar-refractivity contribution < 1.29 is 9.53 Å². The number of ether oxygens (including phenoxy) is 1. The fraction of sp³-hybridized carbons (Fsp3) is 0.667. The Kier molecular flexibility index (Phi) is 6.17. The number of hydrogen-bond donors (Lipinski definition) is 1. The van der Waals surface area contributed by atoms with Crippen molar-refractivity contribution in [2.24, 2.45) is 0 Å². The number of carbonyl (C=O) groups is 1. The Hall–Kier alpha value is -0.820. The molecule has 0 atom stereocenters. The van der Waals surface area contributed by atoms with Crippen LogP contribution in [-0.2, 0) is 9.53 Å². The highest BCUT2D eigenvalue weighted by Gasteiger charge is 2.17. The highest BCUT2D eigenvalue weighted by molar-refractivity contribution is 7.36. The maximum atomic E-state index is 11.8. The number of rotatable bonds is 5. The summed E-state index contributed by atoms with van der Waals surface area (Å²) in [7, 11) is 1.13. The summed E-state index contributed by atoms with van der Waals surface area (Å²) in [5.41, 5.74) is 1.93. The minimum Gasteiger partial charge on any atom is -0.461 e. The molecule has 0 aromatic carbocycles. The van der Waals surface area contributed by atoms with E-state index in [1.165, 1.54) is 5.57 Å². The second-order valence-electron chi connectivity index (χ2n) is 3.78. The summed E-state index contributed by atoms with van der Waals surface area (Å²) >= 11 is 0. The van der Waals surface area contributed by atoms with E-state index in [1.807, 2.05) is 6.92 Å². The van der Waals surface area contributed by atoms with Crippen molar-refractivity contribution in [1.29, 1.82) is 0 Å². The molecule has 0 bridgehead atoms. The third kappa shape index (κ3) is 3.97. The van der Waals surface area contributed by atoms with Crippen molar-refractivity contribution in [3.05, 3.63) is 11.3 Å². The van der Waals surface area contributed by atoms with E-state index in [4.69, 9.17) is 4.74 Å². The summed E-state index contributed by atoms with van der Waals surface area (Å²) in [6, 6.07) is 0. The fourth-order valence-corrected chi connectivity index (χ4v) is 2.24. The number of allylic oxidation sites excluding steroid dienone is 1. The molecule has 4 heteroatoms. The average molecular weight is 241 g/mol. The first-order valence-corrected chi connectivity index (χ1v) is 7.11. The Morgan fingerprint density at radius 3 is 3.06 bits per heavy atom. The Morgan fingerprint density at radius 2 is 2.38 bits per heavy atom. The smallest absolute Gasteiger partial charge is 0.354 e. The SMILES string of the molecule is C=PCCC1=C(C(=O)OCC)NCCCC1. The molecular weight excluding hydrogens is 221 g/mol. The van der Waals surface area contributed by atoms with Crippen molar-refractivity contribution in [3.8, 4) is 0 Å². The van der Waals surface area contributed by atoms with E-state index < -0.39 is 0 Å². The van der Waals surface area contributed by atoms with Crippen molar-refractivity contribution in [2.75, 3.05) is 19.3 Å². The molecular formula is C12H20NO2P. The predicted octanol–water partition coefficient (Wildman–Crippen LogP) is 2.35. The number of hydrogen-bond acceptors (Lipinski definition) is 3. The van der Waals surface area contributed by atoms with Crippen molar-refractivity contribution in [2.45, 2.75) is 32.6 Å². The van der Waals surface area contributed by atoms with Crippen LogP contribution in [0.2, 0.25) is 0 Å². The fourth-order valence-electron chi connectivity index (χ4n) is 1.81. The lowest BCUT2D eigenvalue weighted by atomic mass is 10.1. The summed E-state index contributed by atoms with van der Waals surface area (Å²) in [4.78, 5) is 11.8. The van der Waals surface area contributed by atoms with Crippen LogP contribution < -0.4 is 5.32 Å². The zero-order valence-electron chi connectivity index (χ0n) is 9.92. The quantitative estimate of drug-likeness (QED) is 0.593. The van der Waals surface area contributed by atoms with Crippen LogP contribution in [0, 0.1) is 0 Å². The van der Waals surface area contributed by atoms with Crippen molar-refractivity contribution >= 4 is 20.5 Å². The van der Waals surface area contributed by atoms with Gasteiger partial charge in [-0.05, 0) is 44.3 Å². The molecule has 1 heterocycles. The van der Waals surface area contributed by atoms with Crippen molar-refractivity contribution in [3.63, 3.8) is 0 Å². The second kappa shape index (κ2) is 7.45. The van der Waals surface area contributed by atoms with Crippen molar-refractivity contribution in [1.82, 2.24) is 5.32 Å². The van der Waals surface area contributed by atoms with Gasteiger partial charge in [0.1, 0.15) is 5.70 Å². The first kappa shape index (κ1) is 13.2. The molecule has 1 aliphatic rings. The monoisotopic (exact) mass is 241 g/mol. The molecule has 90 valence electrons. The van der Waals surface area contributed by atoms with E-state index in [1.54, 1.807) is 0 Å². The van der Waals surface area contributed by atoms with Gasteiger partial charge in [0.05, 0.1) is 6.61 Å². The Morgan fingerprint density at radius 1 is 1.56 bits per heavy atom. The lowest BCUT2D eigenvalue weighted by Crippen LogP contribution is -2.24. The van der Waals surface area contributed by atoms with Gasteiger partial charge in [-0.2, -0.15) is 0 Å². The zero-order valence-corrected chi connectivity index (χ0v) is 10.8. The van der Waals surface area contributed by atoms with Crippen LogP contribution in [0.4, 0.5) is 0 Å². The molecule has 1 N–H and O–H groups in total. The number of nitrogens with one attached hydrogen (secondary N) is 1. The Balaban J connectivity index is 2.77. The topological polar surface area (TPSA) is 38.3 Å². The molecule has 16 heavy (non-hydrogen) atoms. The van der Waals surface area contributed by atoms with Gasteiger partial charge in [0, 0.05) is 6.54 Å². The molecule has 0 aromatic heterocycles. The highest BCUT2D eigenvalue weighted by Crippen LogP contribution is 2.20. The molecule has 0 amide bonds. The molecule has 0 aliphatic carbocycles. The van der Waals surface area contributed by atoms with Crippen LogP contribution in [-0.4, -0.2) is 31.6 Å². The largest absolute Gasteiger partial charge is 0.461 e. The van der Waals surface area contributed by atoms with Gasteiger partial charge in [-0.3, -0.25) is 0 Å². The van der Waals surface area contributed by atoms with Gasteiger partial charge < -0.3 is 10.1 Å². The van der Waals surface area contributed by atoms with E-state index in [2.05, 4.69) is 11.6 Å². The molecule has 1 aliphatic heterocycles. The van der Waals surface area contributed by atoms with E-state index in [-0.39, 0.29) is 5.97 Å². The summed E-state index contributed by atoms with van der Waals surface area (Å²) in [5.74, 6) is -0.194. The standard InChI is InChI=1S/C12H20NO2P/c1-3-15-12(14)11-10(7-9-16-2)6-4-5-8-13-11/h13H,2-9H2,1H3. The minimum absolute atomic E-state index is 0.194. The van der Waals surface area contributed by atoms with Gasteiger partial charge >= 0.3 is 5.97 Å². The van der Waals surface area contributed by atoms with Crippen LogP contribution in [0.15, 0.2) is 11.3 Å². The third-order valence-corrected chi connectivity index (χ3v) is 3.15. The number of esters is 1. The Labute approximate surface area is 99.1 Å². The average Bonchev–Trinajstić information content (AvgIpc) is 2.51. The number of carbonyl (C=O) groups excluding carboxylic acids is 1. The molecule has 1 rings (SSSR count). The predicted molar refractivity (Wildman–Crippen MR) is 69.0 cm³/mol. The summed E-state index contributed by atoms with van der Waals surface area (Å²) < 4.78 is 5.07. The summed E-state index contributed by atoms with van der Waals surface area (Å²) in [6.07, 6.45) is 9.06. The van der Waals surface area contributed by atoms with E-state index in [0.29, 0.717) is 12.3 Å². The maximum Gasteiger partial charge on any atom is 0.354 e. The van der Waals surface area contributed by atoms with Gasteiger partial charge in [-0.25, -0.2) is 4.79 Å². The second-order valence-corrected chi connectivity index (χ2v) is 4.67. The maximum absolute atomic E-state index is 11.8. The third-order valence-electron chi connectivity index (χ3n) is 2.61. The van der Waals surface area contributed by atoms with Crippen LogP contribution in [0.1, 0.15) is 32.6 Å². The Bertz CT molecular complexity index is 287. The van der Waals surface area contributed by atoms with Crippen LogP contribution >= 0.6 is 8.20 Å². The van der Waals surface area contributed by atoms with Crippen LogP contribution in [0.25, 0.3) is 0 Å². The molecule has 0 radical (unpaired) electrons. The van der Waals surface area contributed by atoms with Crippen LogP contribution in [0.5, 0.6) is 0 Å². The molecule has 0 saturated carbocycles. The normalized spacial score (nSPS) is 16.8. The lowest BCUT2D eigenvalue weighted by Gasteiger charge is -2.12. The molecule has 0 saturated heterocycles.